The molecule has 1 aromatic heterocycles. The zero-order valence-electron chi connectivity index (χ0n) is 16.0. The predicted molar refractivity (Wildman–Crippen MR) is 130 cm³/mol. The molecular formula is C28H20S. The normalized spacial score (nSPS) is 11.9. The summed E-state index contributed by atoms with van der Waals surface area (Å²) in [6.45, 7) is 0. The van der Waals surface area contributed by atoms with Crippen molar-refractivity contribution in [2.45, 2.75) is 0 Å². The molecule has 0 aliphatic heterocycles. The van der Waals surface area contributed by atoms with Gasteiger partial charge < -0.3 is 0 Å². The van der Waals surface area contributed by atoms with Gasteiger partial charge in [-0.2, -0.15) is 0 Å². The summed E-state index contributed by atoms with van der Waals surface area (Å²) >= 11 is 1.86. The summed E-state index contributed by atoms with van der Waals surface area (Å²) in [6, 6.07) is 34.4. The molecule has 0 aliphatic carbocycles. The minimum atomic E-state index is 1.22. The molecule has 0 fully saturated rings. The van der Waals surface area contributed by atoms with E-state index < -0.39 is 0 Å². The van der Waals surface area contributed by atoms with Gasteiger partial charge in [0.05, 0.1) is 0 Å². The molecule has 0 bridgehead atoms. The molecule has 0 radical (unpaired) electrons. The average molecular weight is 389 g/mol. The summed E-state index contributed by atoms with van der Waals surface area (Å²) < 4.78 is 2.67. The van der Waals surface area contributed by atoms with Crippen LogP contribution in [0.4, 0.5) is 0 Å². The molecule has 0 amide bonds. The van der Waals surface area contributed by atoms with Gasteiger partial charge in [0.2, 0.25) is 0 Å². The SMILES string of the molecule is C(=Cc1ccc2sc3ccc(C=Cc4ccccc4)cc3c2c1)c1ccccc1. The highest BCUT2D eigenvalue weighted by Crippen LogP contribution is 2.35. The van der Waals surface area contributed by atoms with Crippen molar-refractivity contribution in [1.82, 2.24) is 0 Å². The Labute approximate surface area is 175 Å². The number of rotatable bonds is 4. The third-order valence-corrected chi connectivity index (χ3v) is 6.20. The van der Waals surface area contributed by atoms with Crippen LogP contribution in [0, 0.1) is 0 Å². The van der Waals surface area contributed by atoms with Crippen LogP contribution in [-0.2, 0) is 0 Å². The first-order chi connectivity index (χ1) is 14.3. The first-order valence-electron chi connectivity index (χ1n) is 9.78. The Balaban J connectivity index is 1.51. The monoisotopic (exact) mass is 388 g/mol. The second-order valence-electron chi connectivity index (χ2n) is 7.10. The van der Waals surface area contributed by atoms with Crippen molar-refractivity contribution in [1.29, 1.82) is 0 Å². The Bertz CT molecular complexity index is 1220. The standard InChI is InChI=1S/C28H20S/c1-3-7-21(8-4-1)11-13-23-15-17-27-25(19-23)26-20-24(16-18-28(26)29-27)14-12-22-9-5-2-6-10-22/h1-20H. The quantitative estimate of drug-likeness (QED) is 0.271. The maximum atomic E-state index is 2.30. The number of benzene rings is 4. The molecule has 5 rings (SSSR count). The lowest BCUT2D eigenvalue weighted by atomic mass is 10.1. The summed E-state index contributed by atoms with van der Waals surface area (Å²) in [4.78, 5) is 0. The molecule has 0 nitrogen and oxygen atoms in total. The van der Waals surface area contributed by atoms with Crippen LogP contribution < -0.4 is 0 Å². The maximum Gasteiger partial charge on any atom is 0.0355 e. The lowest BCUT2D eigenvalue weighted by Crippen LogP contribution is -1.75. The van der Waals surface area contributed by atoms with E-state index in [9.17, 15) is 0 Å². The van der Waals surface area contributed by atoms with Gasteiger partial charge in [-0.1, -0.05) is 97.1 Å². The lowest BCUT2D eigenvalue weighted by molar-refractivity contribution is 1.66. The van der Waals surface area contributed by atoms with Crippen LogP contribution in [0.1, 0.15) is 22.3 Å². The fraction of sp³-hybridized carbons (Fsp3) is 0. The van der Waals surface area contributed by atoms with Crippen molar-refractivity contribution in [3.63, 3.8) is 0 Å². The van der Waals surface area contributed by atoms with Crippen molar-refractivity contribution in [3.05, 3.63) is 119 Å². The van der Waals surface area contributed by atoms with Gasteiger partial charge in [0.15, 0.2) is 0 Å². The van der Waals surface area contributed by atoms with Crippen LogP contribution in [-0.4, -0.2) is 0 Å². The molecule has 0 N–H and O–H groups in total. The van der Waals surface area contributed by atoms with Gasteiger partial charge in [-0.3, -0.25) is 0 Å². The zero-order valence-corrected chi connectivity index (χ0v) is 16.8. The minimum absolute atomic E-state index is 1.22. The molecule has 5 aromatic rings. The topological polar surface area (TPSA) is 0 Å². The summed E-state index contributed by atoms with van der Waals surface area (Å²) in [7, 11) is 0. The molecule has 1 heteroatoms. The van der Waals surface area contributed by atoms with Crippen molar-refractivity contribution >= 4 is 55.8 Å². The molecule has 0 atom stereocenters. The largest absolute Gasteiger partial charge is 0.135 e. The van der Waals surface area contributed by atoms with Crippen LogP contribution in [0.2, 0.25) is 0 Å². The Morgan fingerprint density at radius 1 is 0.414 bits per heavy atom. The molecule has 0 saturated carbocycles. The molecule has 29 heavy (non-hydrogen) atoms. The van der Waals surface area contributed by atoms with Gasteiger partial charge in [0.25, 0.3) is 0 Å². The second-order valence-corrected chi connectivity index (χ2v) is 8.19. The summed E-state index contributed by atoms with van der Waals surface area (Å²) in [6.07, 6.45) is 8.72. The molecule has 1 heterocycles. The van der Waals surface area contributed by atoms with E-state index >= 15 is 0 Å². The summed E-state index contributed by atoms with van der Waals surface area (Å²) in [5, 5.41) is 2.66. The van der Waals surface area contributed by atoms with E-state index in [0.29, 0.717) is 0 Å². The van der Waals surface area contributed by atoms with E-state index in [1.165, 1.54) is 42.4 Å². The first kappa shape index (κ1) is 17.7. The van der Waals surface area contributed by atoms with Gasteiger partial charge in [-0.15, -0.1) is 11.3 Å². The van der Waals surface area contributed by atoms with Gasteiger partial charge in [0.1, 0.15) is 0 Å². The summed E-state index contributed by atoms with van der Waals surface area (Å²) in [5.41, 5.74) is 4.89. The van der Waals surface area contributed by atoms with Crippen molar-refractivity contribution in [2.24, 2.45) is 0 Å². The number of hydrogen-bond donors (Lipinski definition) is 0. The smallest absolute Gasteiger partial charge is 0.0355 e. The van der Waals surface area contributed by atoms with Crippen LogP contribution in [0.25, 0.3) is 44.5 Å². The lowest BCUT2D eigenvalue weighted by Gasteiger charge is -1.98. The Hall–Kier alpha value is -3.42. The Morgan fingerprint density at radius 3 is 1.28 bits per heavy atom. The van der Waals surface area contributed by atoms with E-state index in [0.717, 1.165) is 0 Å². The van der Waals surface area contributed by atoms with E-state index in [-0.39, 0.29) is 0 Å². The Morgan fingerprint density at radius 2 is 0.828 bits per heavy atom. The molecule has 0 aliphatic rings. The molecule has 0 unspecified atom stereocenters. The highest BCUT2D eigenvalue weighted by Gasteiger charge is 2.06. The zero-order chi connectivity index (χ0) is 19.5. The van der Waals surface area contributed by atoms with Gasteiger partial charge in [0, 0.05) is 20.2 Å². The predicted octanol–water partition coefficient (Wildman–Crippen LogP) is 8.40. The minimum Gasteiger partial charge on any atom is -0.135 e. The van der Waals surface area contributed by atoms with Crippen LogP contribution >= 0.6 is 11.3 Å². The van der Waals surface area contributed by atoms with Crippen molar-refractivity contribution < 1.29 is 0 Å². The molecule has 138 valence electrons. The molecule has 4 aromatic carbocycles. The van der Waals surface area contributed by atoms with E-state index in [1.54, 1.807) is 0 Å². The van der Waals surface area contributed by atoms with Crippen LogP contribution in [0.3, 0.4) is 0 Å². The molecule has 0 spiro atoms. The van der Waals surface area contributed by atoms with E-state index in [2.05, 4.69) is 109 Å². The van der Waals surface area contributed by atoms with Gasteiger partial charge in [-0.05, 0) is 46.5 Å². The fourth-order valence-corrected chi connectivity index (χ4v) is 4.60. The van der Waals surface area contributed by atoms with Crippen molar-refractivity contribution in [3.8, 4) is 0 Å². The number of fused-ring (bicyclic) bond motifs is 3. The average Bonchev–Trinajstić information content (AvgIpc) is 3.15. The van der Waals surface area contributed by atoms with Gasteiger partial charge >= 0.3 is 0 Å². The molecule has 0 saturated heterocycles. The third kappa shape index (κ3) is 3.91. The van der Waals surface area contributed by atoms with E-state index in [1.807, 2.05) is 23.5 Å². The van der Waals surface area contributed by atoms with Crippen LogP contribution in [0.5, 0.6) is 0 Å². The highest BCUT2D eigenvalue weighted by atomic mass is 32.1. The summed E-state index contributed by atoms with van der Waals surface area (Å²) in [5.74, 6) is 0. The molecular weight excluding hydrogens is 368 g/mol. The Kier molecular flexibility index (Phi) is 4.81. The third-order valence-electron chi connectivity index (χ3n) is 5.05. The maximum absolute atomic E-state index is 2.30. The van der Waals surface area contributed by atoms with Gasteiger partial charge in [-0.25, -0.2) is 0 Å². The number of thiophene rings is 1. The fourth-order valence-electron chi connectivity index (χ4n) is 3.53. The first-order valence-corrected chi connectivity index (χ1v) is 10.6. The van der Waals surface area contributed by atoms with Crippen molar-refractivity contribution in [2.75, 3.05) is 0 Å². The second kappa shape index (κ2) is 7.90. The number of hydrogen-bond acceptors (Lipinski definition) is 1. The van der Waals surface area contributed by atoms with Crippen LogP contribution in [0.15, 0.2) is 97.1 Å². The highest BCUT2D eigenvalue weighted by molar-refractivity contribution is 7.25. The van der Waals surface area contributed by atoms with E-state index in [4.69, 9.17) is 0 Å².